The first-order valence-electron chi connectivity index (χ1n) is 9.83. The van der Waals surface area contributed by atoms with Crippen molar-refractivity contribution in [2.45, 2.75) is 44.2 Å². The zero-order chi connectivity index (χ0) is 19.1. The number of nitrogens with zero attached hydrogens (tertiary/aromatic N) is 4. The van der Waals surface area contributed by atoms with Gasteiger partial charge in [-0.2, -0.15) is 0 Å². The number of rotatable bonds is 4. The van der Waals surface area contributed by atoms with Crippen molar-refractivity contribution in [1.29, 1.82) is 0 Å². The number of urea groups is 1. The molecule has 28 heavy (non-hydrogen) atoms. The van der Waals surface area contributed by atoms with E-state index in [-0.39, 0.29) is 12.1 Å². The Hall–Kier alpha value is -3.16. The normalized spacial score (nSPS) is 19.7. The maximum Gasteiger partial charge on any atom is 0.315 e. The zero-order valence-corrected chi connectivity index (χ0v) is 15.6. The number of piperidine rings is 1. The highest BCUT2D eigenvalue weighted by molar-refractivity contribution is 5.83. The molecule has 0 bridgehead atoms. The van der Waals surface area contributed by atoms with Crippen LogP contribution in [0.5, 0.6) is 0 Å². The number of hydrogen-bond acceptors (Lipinski definition) is 5. The van der Waals surface area contributed by atoms with E-state index in [1.165, 1.54) is 12.8 Å². The Kier molecular flexibility index (Phi) is 4.11. The minimum atomic E-state index is -0.371. The Morgan fingerprint density at radius 2 is 2.00 bits per heavy atom. The number of aromatic nitrogens is 4. The molecule has 1 atom stereocenters. The van der Waals surface area contributed by atoms with E-state index in [0.29, 0.717) is 18.5 Å². The summed E-state index contributed by atoms with van der Waals surface area (Å²) in [7, 11) is 0. The second-order valence-electron chi connectivity index (χ2n) is 7.59. The molecule has 1 aliphatic heterocycles. The standard InChI is InChI=1S/C20H23N7O/c21-19(28)27-9-2-1-6-16(27)14-4-3-5-15-17(14)26-18(25-15)12-10-22-20(23-11-12)24-13-7-8-13/h3-5,10-11,13,16H,1-2,6-9H2,(H2,21,28)(H,25,26)(H,22,23,24). The number of H-pyrrole nitrogens is 1. The van der Waals surface area contributed by atoms with Gasteiger partial charge >= 0.3 is 6.03 Å². The number of amides is 2. The van der Waals surface area contributed by atoms with Crippen molar-refractivity contribution in [1.82, 2.24) is 24.8 Å². The van der Waals surface area contributed by atoms with Gasteiger partial charge in [-0.1, -0.05) is 12.1 Å². The number of para-hydroxylation sites is 1. The van der Waals surface area contributed by atoms with E-state index in [0.717, 1.165) is 47.2 Å². The summed E-state index contributed by atoms with van der Waals surface area (Å²) in [5.41, 5.74) is 9.29. The monoisotopic (exact) mass is 377 g/mol. The summed E-state index contributed by atoms with van der Waals surface area (Å²) in [6.07, 6.45) is 8.89. The van der Waals surface area contributed by atoms with Gasteiger partial charge in [-0.15, -0.1) is 0 Å². The molecule has 2 aromatic heterocycles. The van der Waals surface area contributed by atoms with Gasteiger partial charge in [0.25, 0.3) is 0 Å². The highest BCUT2D eigenvalue weighted by Crippen LogP contribution is 2.35. The van der Waals surface area contributed by atoms with Crippen LogP contribution in [0.3, 0.4) is 0 Å². The van der Waals surface area contributed by atoms with Crippen molar-refractivity contribution in [3.8, 4) is 11.4 Å². The lowest BCUT2D eigenvalue weighted by atomic mass is 9.94. The number of anilines is 1. The topological polar surface area (TPSA) is 113 Å². The summed E-state index contributed by atoms with van der Waals surface area (Å²) in [5.74, 6) is 1.38. The molecule has 5 rings (SSSR count). The number of imidazole rings is 1. The number of carbonyl (C=O) groups excluding carboxylic acids is 1. The average molecular weight is 377 g/mol. The van der Waals surface area contributed by atoms with E-state index in [4.69, 9.17) is 10.7 Å². The maximum absolute atomic E-state index is 11.9. The molecule has 2 aliphatic rings. The van der Waals surface area contributed by atoms with Crippen LogP contribution in [0.25, 0.3) is 22.4 Å². The van der Waals surface area contributed by atoms with Gasteiger partial charge < -0.3 is 20.9 Å². The molecule has 3 aromatic rings. The lowest BCUT2D eigenvalue weighted by Crippen LogP contribution is -2.41. The third kappa shape index (κ3) is 3.15. The molecule has 0 radical (unpaired) electrons. The van der Waals surface area contributed by atoms with Crippen LogP contribution in [0.1, 0.15) is 43.7 Å². The summed E-state index contributed by atoms with van der Waals surface area (Å²) in [4.78, 5) is 30.7. The van der Waals surface area contributed by atoms with Crippen molar-refractivity contribution < 1.29 is 4.79 Å². The molecule has 2 fully saturated rings. The Morgan fingerprint density at radius 1 is 1.18 bits per heavy atom. The molecule has 144 valence electrons. The quantitative estimate of drug-likeness (QED) is 0.646. The molecular weight excluding hydrogens is 354 g/mol. The van der Waals surface area contributed by atoms with Gasteiger partial charge in [0.2, 0.25) is 5.95 Å². The number of nitrogens with one attached hydrogen (secondary N) is 2. The molecule has 3 heterocycles. The van der Waals surface area contributed by atoms with Crippen molar-refractivity contribution in [2.24, 2.45) is 5.73 Å². The smallest absolute Gasteiger partial charge is 0.315 e. The van der Waals surface area contributed by atoms with E-state index >= 15 is 0 Å². The Labute approximate surface area is 162 Å². The lowest BCUT2D eigenvalue weighted by Gasteiger charge is -2.34. The van der Waals surface area contributed by atoms with Crippen LogP contribution in [0.4, 0.5) is 10.7 Å². The third-order valence-corrected chi connectivity index (χ3v) is 5.52. The largest absolute Gasteiger partial charge is 0.351 e. The molecular formula is C20H23N7O. The van der Waals surface area contributed by atoms with Gasteiger partial charge in [-0.25, -0.2) is 19.7 Å². The van der Waals surface area contributed by atoms with Crippen LogP contribution < -0.4 is 11.1 Å². The van der Waals surface area contributed by atoms with Crippen LogP contribution in [0.2, 0.25) is 0 Å². The fraction of sp³-hybridized carbons (Fsp3) is 0.400. The molecule has 8 heteroatoms. The number of likely N-dealkylation sites (tertiary alicyclic amines) is 1. The number of hydrogen-bond donors (Lipinski definition) is 3. The fourth-order valence-electron chi connectivity index (χ4n) is 3.91. The summed E-state index contributed by atoms with van der Waals surface area (Å²) >= 11 is 0. The number of benzene rings is 1. The van der Waals surface area contributed by atoms with Gasteiger partial charge in [-0.05, 0) is 38.2 Å². The van der Waals surface area contributed by atoms with Crippen LogP contribution in [-0.2, 0) is 0 Å². The summed E-state index contributed by atoms with van der Waals surface area (Å²) in [6, 6.07) is 6.14. The van der Waals surface area contributed by atoms with Gasteiger partial charge in [0, 0.05) is 30.5 Å². The van der Waals surface area contributed by atoms with E-state index in [1.54, 1.807) is 17.3 Å². The van der Waals surface area contributed by atoms with Crippen molar-refractivity contribution in [3.05, 3.63) is 36.2 Å². The van der Waals surface area contributed by atoms with Crippen molar-refractivity contribution in [3.63, 3.8) is 0 Å². The lowest BCUT2D eigenvalue weighted by molar-refractivity contribution is 0.160. The average Bonchev–Trinajstić information content (AvgIpc) is 3.42. The van der Waals surface area contributed by atoms with E-state index in [9.17, 15) is 4.79 Å². The number of aromatic amines is 1. The molecule has 1 aliphatic carbocycles. The maximum atomic E-state index is 11.9. The molecule has 1 aromatic carbocycles. The number of carbonyl (C=O) groups is 1. The SMILES string of the molecule is NC(=O)N1CCCCC1c1cccc2[nH]c(-c3cnc(NC4CC4)nc3)nc12. The summed E-state index contributed by atoms with van der Waals surface area (Å²) in [5, 5.41) is 3.29. The molecule has 1 unspecified atom stereocenters. The van der Waals surface area contributed by atoms with Gasteiger partial charge in [-0.3, -0.25) is 0 Å². The summed E-state index contributed by atoms with van der Waals surface area (Å²) < 4.78 is 0. The van der Waals surface area contributed by atoms with Crippen LogP contribution in [-0.4, -0.2) is 43.5 Å². The van der Waals surface area contributed by atoms with Gasteiger partial charge in [0.05, 0.1) is 22.6 Å². The van der Waals surface area contributed by atoms with Crippen LogP contribution in [0.15, 0.2) is 30.6 Å². The highest BCUT2D eigenvalue weighted by Gasteiger charge is 2.28. The van der Waals surface area contributed by atoms with E-state index in [1.807, 2.05) is 18.2 Å². The highest BCUT2D eigenvalue weighted by atomic mass is 16.2. The fourth-order valence-corrected chi connectivity index (χ4v) is 3.91. The van der Waals surface area contributed by atoms with Crippen molar-refractivity contribution >= 4 is 23.0 Å². The number of primary amides is 1. The second kappa shape index (κ2) is 6.78. The van der Waals surface area contributed by atoms with Gasteiger partial charge in [0.1, 0.15) is 5.82 Å². The third-order valence-electron chi connectivity index (χ3n) is 5.52. The predicted octanol–water partition coefficient (Wildman–Crippen LogP) is 3.20. The zero-order valence-electron chi connectivity index (χ0n) is 15.6. The number of nitrogens with two attached hydrogens (primary N) is 1. The molecule has 1 saturated heterocycles. The van der Waals surface area contributed by atoms with Gasteiger partial charge in [0.15, 0.2) is 0 Å². The summed E-state index contributed by atoms with van der Waals surface area (Å²) in [6.45, 7) is 0.691. The van der Waals surface area contributed by atoms with E-state index in [2.05, 4.69) is 20.3 Å². The Balaban J connectivity index is 1.49. The predicted molar refractivity (Wildman–Crippen MR) is 107 cm³/mol. The Morgan fingerprint density at radius 3 is 2.75 bits per heavy atom. The minimum absolute atomic E-state index is 0.0348. The first-order valence-corrected chi connectivity index (χ1v) is 9.83. The molecule has 4 N–H and O–H groups in total. The van der Waals surface area contributed by atoms with Crippen LogP contribution in [0, 0.1) is 0 Å². The molecule has 0 spiro atoms. The van der Waals surface area contributed by atoms with Crippen LogP contribution >= 0.6 is 0 Å². The molecule has 1 saturated carbocycles. The van der Waals surface area contributed by atoms with E-state index < -0.39 is 0 Å². The Bertz CT molecular complexity index is 1010. The minimum Gasteiger partial charge on any atom is -0.351 e. The molecule has 2 amide bonds. The number of fused-ring (bicyclic) bond motifs is 1. The molecule has 8 nitrogen and oxygen atoms in total. The van der Waals surface area contributed by atoms with Crippen molar-refractivity contribution in [2.75, 3.05) is 11.9 Å². The first-order chi connectivity index (χ1) is 13.7. The first kappa shape index (κ1) is 17.0. The second-order valence-corrected chi connectivity index (χ2v) is 7.59.